The molecule has 1 N–H and O–H groups in total. The normalized spacial score (nSPS) is 13.5. The van der Waals surface area contributed by atoms with E-state index in [2.05, 4.69) is 30.4 Å². The molecule has 0 radical (unpaired) electrons. The molecule has 0 atom stereocenters. The lowest BCUT2D eigenvalue weighted by Gasteiger charge is -2.24. The Labute approximate surface area is 159 Å². The molecule has 1 amide bonds. The van der Waals surface area contributed by atoms with Crippen molar-refractivity contribution in [2.75, 3.05) is 6.54 Å². The van der Waals surface area contributed by atoms with Crippen molar-refractivity contribution in [2.45, 2.75) is 19.4 Å². The molecule has 0 bridgehead atoms. The minimum Gasteiger partial charge on any atom is -0.445 e. The van der Waals surface area contributed by atoms with Crippen molar-refractivity contribution in [3.63, 3.8) is 0 Å². The Balaban J connectivity index is 1.31. The minimum absolute atomic E-state index is 0.167. The van der Waals surface area contributed by atoms with Crippen LogP contribution in [0.2, 0.25) is 0 Å². The van der Waals surface area contributed by atoms with Crippen molar-refractivity contribution in [2.24, 2.45) is 0 Å². The molecule has 0 unspecified atom stereocenters. The van der Waals surface area contributed by atoms with Gasteiger partial charge in [0.1, 0.15) is 24.1 Å². The number of hydrogen-bond donors (Lipinski definition) is 1. The number of benzene rings is 1. The van der Waals surface area contributed by atoms with Gasteiger partial charge in [-0.05, 0) is 5.56 Å². The molecule has 1 aliphatic rings. The van der Waals surface area contributed by atoms with Crippen molar-refractivity contribution in [1.82, 2.24) is 39.8 Å². The first-order valence-corrected chi connectivity index (χ1v) is 8.84. The van der Waals surface area contributed by atoms with Crippen LogP contribution in [0.3, 0.4) is 0 Å². The van der Waals surface area contributed by atoms with E-state index in [4.69, 9.17) is 4.42 Å². The number of aromatic amines is 1. The number of oxazole rings is 1. The molecule has 0 aliphatic carbocycles. The minimum atomic E-state index is -0.231. The van der Waals surface area contributed by atoms with Gasteiger partial charge in [0.15, 0.2) is 5.89 Å². The van der Waals surface area contributed by atoms with E-state index in [1.807, 2.05) is 30.3 Å². The van der Waals surface area contributed by atoms with E-state index < -0.39 is 0 Å². The molecule has 1 aromatic carbocycles. The molecule has 0 saturated carbocycles. The second kappa shape index (κ2) is 6.72. The van der Waals surface area contributed by atoms with Gasteiger partial charge in [0.25, 0.3) is 11.9 Å². The summed E-state index contributed by atoms with van der Waals surface area (Å²) in [5, 5.41) is 14.1. The van der Waals surface area contributed by atoms with Gasteiger partial charge in [-0.3, -0.25) is 14.5 Å². The van der Waals surface area contributed by atoms with Crippen molar-refractivity contribution in [1.29, 1.82) is 0 Å². The number of H-pyrrole nitrogens is 1. The average molecular weight is 376 g/mol. The molecule has 140 valence electrons. The Kier molecular flexibility index (Phi) is 3.93. The Hall–Kier alpha value is -3.82. The van der Waals surface area contributed by atoms with E-state index in [0.29, 0.717) is 37.8 Å². The fourth-order valence-electron chi connectivity index (χ4n) is 3.19. The van der Waals surface area contributed by atoms with Crippen LogP contribution in [0.5, 0.6) is 0 Å². The molecule has 5 rings (SSSR count). The summed E-state index contributed by atoms with van der Waals surface area (Å²) in [5.74, 6) is 1.76. The predicted octanol–water partition coefficient (Wildman–Crippen LogP) is 1.16. The van der Waals surface area contributed by atoms with E-state index in [-0.39, 0.29) is 11.7 Å². The highest BCUT2D eigenvalue weighted by molar-refractivity contribution is 5.90. The van der Waals surface area contributed by atoms with E-state index in [1.165, 1.54) is 17.2 Å². The quantitative estimate of drug-likeness (QED) is 0.568. The number of nitrogens with one attached hydrogen (secondary N) is 1. The van der Waals surface area contributed by atoms with Crippen LogP contribution in [0.25, 0.3) is 5.95 Å². The molecule has 28 heavy (non-hydrogen) atoms. The van der Waals surface area contributed by atoms with Crippen LogP contribution in [0.15, 0.2) is 47.4 Å². The fraction of sp³-hybridized carbons (Fsp3) is 0.222. The summed E-state index contributed by atoms with van der Waals surface area (Å²) >= 11 is 0. The van der Waals surface area contributed by atoms with Gasteiger partial charge in [-0.15, -0.1) is 15.3 Å². The zero-order chi connectivity index (χ0) is 18.9. The summed E-state index contributed by atoms with van der Waals surface area (Å²) in [4.78, 5) is 23.3. The summed E-state index contributed by atoms with van der Waals surface area (Å²) in [7, 11) is 0. The van der Waals surface area contributed by atoms with Crippen molar-refractivity contribution < 1.29 is 9.21 Å². The summed E-state index contributed by atoms with van der Waals surface area (Å²) in [5.41, 5.74) is 1.93. The van der Waals surface area contributed by atoms with Crippen molar-refractivity contribution in [3.05, 3.63) is 71.7 Å². The first kappa shape index (κ1) is 16.4. The molecule has 4 heterocycles. The van der Waals surface area contributed by atoms with Crippen LogP contribution in [-0.4, -0.2) is 52.3 Å². The molecule has 10 heteroatoms. The number of hydrogen-bond acceptors (Lipinski definition) is 7. The van der Waals surface area contributed by atoms with Gasteiger partial charge in [0.2, 0.25) is 5.82 Å². The number of carbonyl (C=O) groups is 1. The van der Waals surface area contributed by atoms with E-state index >= 15 is 0 Å². The maximum absolute atomic E-state index is 12.8. The second-order valence-corrected chi connectivity index (χ2v) is 6.47. The molecule has 1 aliphatic heterocycles. The van der Waals surface area contributed by atoms with Gasteiger partial charge < -0.3 is 9.32 Å². The largest absolute Gasteiger partial charge is 0.445 e. The molecule has 0 fully saturated rings. The Morgan fingerprint density at radius 3 is 2.79 bits per heavy atom. The molecule has 0 spiro atoms. The highest BCUT2D eigenvalue weighted by atomic mass is 16.4. The SMILES string of the molecule is O=C(c1nc(-n2cnnc2)n[nH]1)N1CCc2oc(Cc3ccccc3)nc2C1. The van der Waals surface area contributed by atoms with Crippen LogP contribution < -0.4 is 0 Å². The topological polar surface area (TPSA) is 119 Å². The summed E-state index contributed by atoms with van der Waals surface area (Å²) in [6.07, 6.45) is 4.18. The maximum Gasteiger partial charge on any atom is 0.291 e. The molecule has 4 aromatic rings. The zero-order valence-corrected chi connectivity index (χ0v) is 14.8. The summed E-state index contributed by atoms with van der Waals surface area (Å²) < 4.78 is 7.42. The van der Waals surface area contributed by atoms with Crippen LogP contribution in [0.4, 0.5) is 0 Å². The van der Waals surface area contributed by atoms with Crippen molar-refractivity contribution in [3.8, 4) is 5.95 Å². The smallest absolute Gasteiger partial charge is 0.291 e. The van der Waals surface area contributed by atoms with Gasteiger partial charge >= 0.3 is 0 Å². The third-order valence-electron chi connectivity index (χ3n) is 4.58. The number of amides is 1. The standard InChI is InChI=1S/C18H16N8O2/c27-17(16-22-18(24-23-16)26-10-19-20-11-26)25-7-6-14-13(9-25)21-15(28-14)8-12-4-2-1-3-5-12/h1-5,10-11H,6-9H2,(H,22,23,24). The van der Waals surface area contributed by atoms with Crippen LogP contribution >= 0.6 is 0 Å². The zero-order valence-electron chi connectivity index (χ0n) is 14.8. The lowest BCUT2D eigenvalue weighted by molar-refractivity contribution is 0.0716. The van der Waals surface area contributed by atoms with Crippen LogP contribution in [0, 0.1) is 0 Å². The third-order valence-corrected chi connectivity index (χ3v) is 4.58. The molecule has 10 nitrogen and oxygen atoms in total. The van der Waals surface area contributed by atoms with E-state index in [1.54, 1.807) is 4.90 Å². The van der Waals surface area contributed by atoms with Crippen LogP contribution in [-0.2, 0) is 19.4 Å². The highest BCUT2D eigenvalue weighted by Crippen LogP contribution is 2.22. The monoisotopic (exact) mass is 376 g/mol. The number of aromatic nitrogens is 7. The Morgan fingerprint density at radius 1 is 1.14 bits per heavy atom. The van der Waals surface area contributed by atoms with Crippen LogP contribution in [0.1, 0.15) is 33.5 Å². The van der Waals surface area contributed by atoms with E-state index in [0.717, 1.165) is 17.0 Å². The first-order chi connectivity index (χ1) is 13.8. The number of fused-ring (bicyclic) bond motifs is 1. The predicted molar refractivity (Wildman–Crippen MR) is 95.5 cm³/mol. The first-order valence-electron chi connectivity index (χ1n) is 8.84. The second-order valence-electron chi connectivity index (χ2n) is 6.47. The lowest BCUT2D eigenvalue weighted by Crippen LogP contribution is -2.36. The van der Waals surface area contributed by atoms with Gasteiger partial charge in [-0.2, -0.15) is 4.98 Å². The number of nitrogens with zero attached hydrogens (tertiary/aromatic N) is 7. The number of carbonyl (C=O) groups excluding carboxylic acids is 1. The van der Waals surface area contributed by atoms with Gasteiger partial charge in [0.05, 0.1) is 6.54 Å². The van der Waals surface area contributed by atoms with Gasteiger partial charge in [-0.1, -0.05) is 30.3 Å². The van der Waals surface area contributed by atoms with Gasteiger partial charge in [-0.25, -0.2) is 4.98 Å². The average Bonchev–Trinajstić information content (AvgIpc) is 3.46. The van der Waals surface area contributed by atoms with E-state index in [9.17, 15) is 4.79 Å². The molecular formula is C18H16N8O2. The number of rotatable bonds is 4. The summed E-state index contributed by atoms with van der Waals surface area (Å²) in [6.45, 7) is 0.920. The van der Waals surface area contributed by atoms with Crippen molar-refractivity contribution >= 4 is 5.91 Å². The third kappa shape index (κ3) is 3.04. The lowest BCUT2D eigenvalue weighted by atomic mass is 10.1. The fourth-order valence-corrected chi connectivity index (χ4v) is 3.19. The molecule has 3 aromatic heterocycles. The maximum atomic E-state index is 12.8. The van der Waals surface area contributed by atoms with Gasteiger partial charge in [0, 0.05) is 19.4 Å². The Morgan fingerprint density at radius 2 is 1.96 bits per heavy atom. The molecular weight excluding hydrogens is 360 g/mol. The Bertz CT molecular complexity index is 1100. The molecule has 0 saturated heterocycles. The summed E-state index contributed by atoms with van der Waals surface area (Å²) in [6, 6.07) is 10.0. The highest BCUT2D eigenvalue weighted by Gasteiger charge is 2.28.